The summed E-state index contributed by atoms with van der Waals surface area (Å²) < 4.78 is 10.8. The van der Waals surface area contributed by atoms with Crippen LogP contribution in [0.25, 0.3) is 0 Å². The van der Waals surface area contributed by atoms with E-state index in [0.29, 0.717) is 23.0 Å². The van der Waals surface area contributed by atoms with Crippen molar-refractivity contribution >= 4 is 11.7 Å². The maximum atomic E-state index is 13.0. The van der Waals surface area contributed by atoms with Crippen molar-refractivity contribution < 1.29 is 19.4 Å². The Morgan fingerprint density at radius 2 is 2.07 bits per heavy atom. The molecule has 1 amide bonds. The molecule has 7 nitrogen and oxygen atoms in total. The molecule has 0 spiro atoms. The van der Waals surface area contributed by atoms with Crippen molar-refractivity contribution in [2.45, 2.75) is 50.2 Å². The van der Waals surface area contributed by atoms with Gasteiger partial charge in [0.15, 0.2) is 11.5 Å². The Kier molecular flexibility index (Phi) is 4.95. The highest BCUT2D eigenvalue weighted by molar-refractivity contribution is 6.01. The number of anilines is 1. The Morgan fingerprint density at radius 1 is 1.29 bits per heavy atom. The zero-order valence-electron chi connectivity index (χ0n) is 15.9. The van der Waals surface area contributed by atoms with Gasteiger partial charge in [0, 0.05) is 11.6 Å². The highest BCUT2D eigenvalue weighted by atomic mass is 16.7. The standard InChI is InChI=1S/C21H25N3O4/c1-2-4-14(19(22)25)15-5-3-6-18(23-15)24-20(26)21(9-10-21)13-7-8-16-17(11-13)28-12-27-16/h3,5-8,11,14,19,25H,2,4,9-10,12,22H2,1H3,(H,23,24,26). The minimum absolute atomic E-state index is 0.0867. The highest BCUT2D eigenvalue weighted by Crippen LogP contribution is 2.51. The lowest BCUT2D eigenvalue weighted by Crippen LogP contribution is -2.30. The smallest absolute Gasteiger partial charge is 0.236 e. The van der Waals surface area contributed by atoms with E-state index in [1.54, 1.807) is 6.07 Å². The summed E-state index contributed by atoms with van der Waals surface area (Å²) in [6.45, 7) is 2.24. The molecule has 1 fully saturated rings. The number of nitrogens with two attached hydrogens (primary N) is 1. The number of rotatable bonds is 7. The quantitative estimate of drug-likeness (QED) is 0.635. The third-order valence-electron chi connectivity index (χ3n) is 5.51. The van der Waals surface area contributed by atoms with Gasteiger partial charge in [-0.2, -0.15) is 0 Å². The van der Waals surface area contributed by atoms with Crippen LogP contribution in [-0.2, 0) is 10.2 Å². The van der Waals surface area contributed by atoms with Gasteiger partial charge >= 0.3 is 0 Å². The number of carbonyl (C=O) groups is 1. The van der Waals surface area contributed by atoms with Gasteiger partial charge in [-0.1, -0.05) is 25.5 Å². The van der Waals surface area contributed by atoms with Crippen molar-refractivity contribution in [2.75, 3.05) is 12.1 Å². The summed E-state index contributed by atoms with van der Waals surface area (Å²) >= 11 is 0. The molecule has 148 valence electrons. The monoisotopic (exact) mass is 383 g/mol. The molecule has 0 saturated heterocycles. The molecule has 28 heavy (non-hydrogen) atoms. The largest absolute Gasteiger partial charge is 0.454 e. The lowest BCUT2D eigenvalue weighted by atomic mass is 9.94. The van der Waals surface area contributed by atoms with E-state index in [-0.39, 0.29) is 18.6 Å². The van der Waals surface area contributed by atoms with Crippen LogP contribution in [0.1, 0.15) is 49.8 Å². The summed E-state index contributed by atoms with van der Waals surface area (Å²) in [4.78, 5) is 17.6. The zero-order chi connectivity index (χ0) is 19.7. The molecule has 1 aromatic carbocycles. The molecular weight excluding hydrogens is 358 g/mol. The van der Waals surface area contributed by atoms with Crippen molar-refractivity contribution in [2.24, 2.45) is 5.73 Å². The maximum absolute atomic E-state index is 13.0. The van der Waals surface area contributed by atoms with E-state index >= 15 is 0 Å². The molecule has 4 rings (SSSR count). The molecular formula is C21H25N3O4. The first-order chi connectivity index (χ1) is 13.5. The number of fused-ring (bicyclic) bond motifs is 1. The summed E-state index contributed by atoms with van der Waals surface area (Å²) in [5.41, 5.74) is 6.76. The molecule has 2 heterocycles. The fourth-order valence-corrected chi connectivity index (χ4v) is 3.73. The molecule has 1 aromatic heterocycles. The number of nitrogens with one attached hydrogen (secondary N) is 1. The van der Waals surface area contributed by atoms with Gasteiger partial charge < -0.3 is 25.6 Å². The predicted molar refractivity (Wildman–Crippen MR) is 104 cm³/mol. The van der Waals surface area contributed by atoms with Crippen LogP contribution in [0.3, 0.4) is 0 Å². The second-order valence-corrected chi connectivity index (χ2v) is 7.44. The predicted octanol–water partition coefficient (Wildman–Crippen LogP) is 2.64. The van der Waals surface area contributed by atoms with Crippen LogP contribution in [0.2, 0.25) is 0 Å². The van der Waals surface area contributed by atoms with E-state index in [9.17, 15) is 9.90 Å². The van der Waals surface area contributed by atoms with Crippen LogP contribution < -0.4 is 20.5 Å². The van der Waals surface area contributed by atoms with Crippen molar-refractivity contribution in [3.8, 4) is 11.5 Å². The summed E-state index contributed by atoms with van der Waals surface area (Å²) in [5, 5.41) is 12.8. The Balaban J connectivity index is 1.53. The van der Waals surface area contributed by atoms with Crippen molar-refractivity contribution in [1.29, 1.82) is 0 Å². The van der Waals surface area contributed by atoms with Crippen LogP contribution in [0.4, 0.5) is 5.82 Å². The van der Waals surface area contributed by atoms with Gasteiger partial charge in [0.1, 0.15) is 12.0 Å². The zero-order valence-corrected chi connectivity index (χ0v) is 15.9. The molecule has 4 N–H and O–H groups in total. The van der Waals surface area contributed by atoms with Gasteiger partial charge in [-0.25, -0.2) is 4.98 Å². The molecule has 2 aliphatic rings. The number of benzene rings is 1. The lowest BCUT2D eigenvalue weighted by molar-refractivity contribution is -0.118. The third-order valence-corrected chi connectivity index (χ3v) is 5.51. The summed E-state index contributed by atoms with van der Waals surface area (Å²) in [7, 11) is 0. The number of carbonyl (C=O) groups excluding carboxylic acids is 1. The number of aliphatic hydroxyl groups excluding tert-OH is 1. The van der Waals surface area contributed by atoms with Crippen LogP contribution in [-0.4, -0.2) is 29.0 Å². The number of amides is 1. The molecule has 7 heteroatoms. The Hall–Kier alpha value is -2.64. The first-order valence-corrected chi connectivity index (χ1v) is 9.65. The van der Waals surface area contributed by atoms with Gasteiger partial charge in [-0.05, 0) is 49.1 Å². The van der Waals surface area contributed by atoms with Crippen molar-refractivity contribution in [3.05, 3.63) is 47.7 Å². The van der Waals surface area contributed by atoms with Crippen LogP contribution >= 0.6 is 0 Å². The van der Waals surface area contributed by atoms with Crippen LogP contribution in [0.5, 0.6) is 11.5 Å². The molecule has 0 radical (unpaired) electrons. The van der Waals surface area contributed by atoms with Gasteiger partial charge in [0.25, 0.3) is 0 Å². The van der Waals surface area contributed by atoms with Crippen LogP contribution in [0, 0.1) is 0 Å². The summed E-state index contributed by atoms with van der Waals surface area (Å²) in [6.07, 6.45) is 2.17. The molecule has 1 aliphatic carbocycles. The van der Waals surface area contributed by atoms with Gasteiger partial charge in [-0.15, -0.1) is 0 Å². The molecule has 2 unspecified atom stereocenters. The average molecular weight is 383 g/mol. The molecule has 2 aromatic rings. The van der Waals surface area contributed by atoms with Crippen LogP contribution in [0.15, 0.2) is 36.4 Å². The highest BCUT2D eigenvalue weighted by Gasteiger charge is 2.51. The Labute approximate surface area is 163 Å². The molecule has 1 aliphatic heterocycles. The molecule has 0 bridgehead atoms. The van der Waals surface area contributed by atoms with E-state index in [1.165, 1.54) is 0 Å². The van der Waals surface area contributed by atoms with Crippen molar-refractivity contribution in [1.82, 2.24) is 4.98 Å². The summed E-state index contributed by atoms with van der Waals surface area (Å²) in [5.74, 6) is 1.51. The number of nitrogens with zero attached hydrogens (tertiary/aromatic N) is 1. The van der Waals surface area contributed by atoms with E-state index in [0.717, 1.165) is 31.2 Å². The van der Waals surface area contributed by atoms with Gasteiger partial charge in [0.2, 0.25) is 12.7 Å². The number of hydrogen-bond acceptors (Lipinski definition) is 6. The van der Waals surface area contributed by atoms with E-state index in [2.05, 4.69) is 10.3 Å². The maximum Gasteiger partial charge on any atom is 0.236 e. The fraction of sp³-hybridized carbons (Fsp3) is 0.429. The Bertz CT molecular complexity index is 880. The normalized spacial score (nSPS) is 18.4. The number of aliphatic hydroxyl groups is 1. The first-order valence-electron chi connectivity index (χ1n) is 9.65. The van der Waals surface area contributed by atoms with Gasteiger partial charge in [0.05, 0.1) is 5.41 Å². The van der Waals surface area contributed by atoms with Gasteiger partial charge in [-0.3, -0.25) is 4.79 Å². The van der Waals surface area contributed by atoms with E-state index in [1.807, 2.05) is 37.3 Å². The van der Waals surface area contributed by atoms with E-state index in [4.69, 9.17) is 15.2 Å². The van der Waals surface area contributed by atoms with Crippen molar-refractivity contribution in [3.63, 3.8) is 0 Å². The van der Waals surface area contributed by atoms with E-state index < -0.39 is 11.6 Å². The second kappa shape index (κ2) is 7.41. The fourth-order valence-electron chi connectivity index (χ4n) is 3.73. The minimum Gasteiger partial charge on any atom is -0.454 e. The number of ether oxygens (including phenoxy) is 2. The molecule has 1 saturated carbocycles. The molecule has 2 atom stereocenters. The minimum atomic E-state index is -0.984. The first kappa shape index (κ1) is 18.7. The average Bonchev–Trinajstić information content (AvgIpc) is 3.37. The Morgan fingerprint density at radius 3 is 2.79 bits per heavy atom. The second-order valence-electron chi connectivity index (χ2n) is 7.44. The topological polar surface area (TPSA) is 107 Å². The summed E-state index contributed by atoms with van der Waals surface area (Å²) in [6, 6.07) is 11.1. The number of pyridine rings is 1. The lowest BCUT2D eigenvalue weighted by Gasteiger charge is -2.20. The SMILES string of the molecule is CCCC(c1cccc(NC(=O)C2(c3ccc4c(c3)OCO4)CC2)n1)C(N)O. The number of hydrogen-bond donors (Lipinski definition) is 3. The number of aromatic nitrogens is 1. The third kappa shape index (κ3) is 3.43.